The number of methoxy groups -OCH3 is 1. The summed E-state index contributed by atoms with van der Waals surface area (Å²) in [4.78, 5) is 24.2. The van der Waals surface area contributed by atoms with E-state index in [2.05, 4.69) is 0 Å². The maximum atomic E-state index is 12.3. The Morgan fingerprint density at radius 1 is 1.25 bits per heavy atom. The number of hydrogen-bond donors (Lipinski definition) is 0. The molecule has 0 aliphatic carbocycles. The Labute approximate surface area is 121 Å². The summed E-state index contributed by atoms with van der Waals surface area (Å²) in [7, 11) is 1.27. The second-order valence-electron chi connectivity index (χ2n) is 4.30. The van der Waals surface area contributed by atoms with E-state index in [4.69, 9.17) is 4.74 Å². The summed E-state index contributed by atoms with van der Waals surface area (Å²) in [5.74, 6) is -0.942. The predicted octanol–water partition coefficient (Wildman–Crippen LogP) is 3.50. The first-order valence-electron chi connectivity index (χ1n) is 6.05. The maximum Gasteiger partial charge on any atom is 0.341 e. The van der Waals surface area contributed by atoms with E-state index < -0.39 is 5.97 Å². The van der Waals surface area contributed by atoms with Crippen molar-refractivity contribution in [3.05, 3.63) is 63.4 Å². The monoisotopic (exact) mass is 286 g/mol. The van der Waals surface area contributed by atoms with Gasteiger partial charge in [0, 0.05) is 10.9 Å². The summed E-state index contributed by atoms with van der Waals surface area (Å²) < 4.78 is 4.71. The molecular formula is C16H14O3S. The first-order valence-corrected chi connectivity index (χ1v) is 6.99. The fraction of sp³-hybridized carbons (Fsp3) is 0.125. The van der Waals surface area contributed by atoms with Crippen LogP contribution in [-0.4, -0.2) is 18.9 Å². The van der Waals surface area contributed by atoms with Gasteiger partial charge in [-0.2, -0.15) is 11.3 Å². The fourth-order valence-electron chi connectivity index (χ4n) is 1.80. The van der Waals surface area contributed by atoms with Crippen LogP contribution in [0, 0.1) is 6.92 Å². The van der Waals surface area contributed by atoms with Crippen LogP contribution in [0.5, 0.6) is 0 Å². The number of thiophene rings is 1. The lowest BCUT2D eigenvalue weighted by molar-refractivity contribution is -0.135. The van der Waals surface area contributed by atoms with Gasteiger partial charge in [-0.15, -0.1) is 0 Å². The molecule has 20 heavy (non-hydrogen) atoms. The average molecular weight is 286 g/mol. The van der Waals surface area contributed by atoms with Crippen molar-refractivity contribution in [2.75, 3.05) is 7.11 Å². The number of carbonyl (C=O) groups excluding carboxylic acids is 2. The van der Waals surface area contributed by atoms with E-state index in [0.29, 0.717) is 5.56 Å². The van der Waals surface area contributed by atoms with Crippen LogP contribution in [0.1, 0.15) is 21.5 Å². The molecule has 4 heteroatoms. The highest BCUT2D eigenvalue weighted by Gasteiger charge is 2.20. The number of benzene rings is 1. The predicted molar refractivity (Wildman–Crippen MR) is 79.8 cm³/mol. The molecule has 0 radical (unpaired) electrons. The van der Waals surface area contributed by atoms with Crippen molar-refractivity contribution in [1.29, 1.82) is 0 Å². The molecule has 102 valence electrons. The summed E-state index contributed by atoms with van der Waals surface area (Å²) in [6.07, 6.45) is 1.57. The van der Waals surface area contributed by atoms with Crippen LogP contribution in [0.3, 0.4) is 0 Å². The molecule has 0 unspecified atom stereocenters. The zero-order chi connectivity index (χ0) is 14.5. The van der Waals surface area contributed by atoms with E-state index in [1.165, 1.54) is 18.4 Å². The first-order chi connectivity index (χ1) is 9.61. The van der Waals surface area contributed by atoms with E-state index in [1.54, 1.807) is 22.9 Å². The van der Waals surface area contributed by atoms with Crippen molar-refractivity contribution in [3.63, 3.8) is 0 Å². The summed E-state index contributed by atoms with van der Waals surface area (Å²) in [5, 5.41) is 3.52. The Hall–Kier alpha value is -2.20. The van der Waals surface area contributed by atoms with E-state index in [1.807, 2.05) is 31.2 Å². The number of aryl methyl sites for hydroxylation is 1. The quantitative estimate of drug-likeness (QED) is 0.284. The first kappa shape index (κ1) is 14.2. The van der Waals surface area contributed by atoms with Gasteiger partial charge in [0.05, 0.1) is 7.11 Å². The van der Waals surface area contributed by atoms with Crippen LogP contribution < -0.4 is 0 Å². The highest BCUT2D eigenvalue weighted by Crippen LogP contribution is 2.17. The Morgan fingerprint density at radius 3 is 2.65 bits per heavy atom. The van der Waals surface area contributed by atoms with Gasteiger partial charge in [-0.25, -0.2) is 4.79 Å². The molecule has 2 aromatic rings. The molecule has 0 bridgehead atoms. The molecule has 1 heterocycles. The van der Waals surface area contributed by atoms with Crippen LogP contribution in [-0.2, 0) is 9.53 Å². The van der Waals surface area contributed by atoms with Crippen LogP contribution in [0.2, 0.25) is 0 Å². The van der Waals surface area contributed by atoms with Crippen molar-refractivity contribution >= 4 is 29.2 Å². The molecule has 2 rings (SSSR count). The van der Waals surface area contributed by atoms with Crippen LogP contribution >= 0.6 is 11.3 Å². The number of esters is 1. The van der Waals surface area contributed by atoms with E-state index in [-0.39, 0.29) is 11.4 Å². The molecule has 0 saturated carbocycles. The third-order valence-corrected chi connectivity index (χ3v) is 3.47. The number of ketones is 1. The Kier molecular flexibility index (Phi) is 4.48. The Morgan fingerprint density at radius 2 is 2.05 bits per heavy atom. The lowest BCUT2D eigenvalue weighted by atomic mass is 10.0. The molecular weight excluding hydrogens is 272 g/mol. The van der Waals surface area contributed by atoms with Crippen molar-refractivity contribution in [1.82, 2.24) is 0 Å². The van der Waals surface area contributed by atoms with Crippen LogP contribution in [0.25, 0.3) is 6.08 Å². The lowest BCUT2D eigenvalue weighted by Gasteiger charge is -2.04. The summed E-state index contributed by atoms with van der Waals surface area (Å²) >= 11 is 1.41. The fourth-order valence-corrected chi connectivity index (χ4v) is 2.44. The normalized spacial score (nSPS) is 11.2. The molecule has 0 aliphatic rings. The molecule has 0 aliphatic heterocycles. The molecule has 0 N–H and O–H groups in total. The van der Waals surface area contributed by atoms with Gasteiger partial charge in [-0.05, 0) is 30.0 Å². The highest BCUT2D eigenvalue weighted by atomic mass is 32.1. The van der Waals surface area contributed by atoms with Crippen molar-refractivity contribution in [3.8, 4) is 0 Å². The van der Waals surface area contributed by atoms with E-state index in [9.17, 15) is 9.59 Å². The number of rotatable bonds is 4. The van der Waals surface area contributed by atoms with E-state index >= 15 is 0 Å². The standard InChI is InChI=1S/C16H14O3S/c1-11-4-3-5-12(8-11)9-14(16(18)19-2)15(17)13-6-7-20-10-13/h3-10H,1-2H3/b14-9-. The second kappa shape index (κ2) is 6.30. The van der Waals surface area contributed by atoms with E-state index in [0.717, 1.165) is 11.1 Å². The average Bonchev–Trinajstić information content (AvgIpc) is 2.97. The summed E-state index contributed by atoms with van der Waals surface area (Å²) in [6, 6.07) is 9.28. The molecule has 0 fully saturated rings. The SMILES string of the molecule is COC(=O)/C(=C\c1cccc(C)c1)C(=O)c1ccsc1. The molecule has 0 spiro atoms. The number of ether oxygens (including phenoxy) is 1. The molecule has 0 atom stereocenters. The Bertz CT molecular complexity index is 654. The molecule has 1 aromatic carbocycles. The van der Waals surface area contributed by atoms with Gasteiger partial charge in [0.25, 0.3) is 0 Å². The minimum atomic E-state index is -0.622. The van der Waals surface area contributed by atoms with Crippen molar-refractivity contribution in [2.24, 2.45) is 0 Å². The smallest absolute Gasteiger partial charge is 0.341 e. The number of carbonyl (C=O) groups is 2. The summed E-state index contributed by atoms with van der Waals surface area (Å²) in [6.45, 7) is 1.95. The third-order valence-electron chi connectivity index (χ3n) is 2.79. The van der Waals surface area contributed by atoms with Gasteiger partial charge in [0.2, 0.25) is 5.78 Å². The molecule has 3 nitrogen and oxygen atoms in total. The zero-order valence-corrected chi connectivity index (χ0v) is 12.1. The maximum absolute atomic E-state index is 12.3. The summed E-state index contributed by atoms with van der Waals surface area (Å²) in [5.41, 5.74) is 2.40. The van der Waals surface area contributed by atoms with Gasteiger partial charge in [0.15, 0.2) is 0 Å². The highest BCUT2D eigenvalue weighted by molar-refractivity contribution is 7.08. The zero-order valence-electron chi connectivity index (χ0n) is 11.3. The van der Waals surface area contributed by atoms with Crippen LogP contribution in [0.15, 0.2) is 46.7 Å². The largest absolute Gasteiger partial charge is 0.465 e. The third kappa shape index (κ3) is 3.22. The minimum Gasteiger partial charge on any atom is -0.465 e. The van der Waals surface area contributed by atoms with Crippen LogP contribution in [0.4, 0.5) is 0 Å². The minimum absolute atomic E-state index is 0.0384. The Balaban J connectivity index is 2.43. The molecule has 0 amide bonds. The molecule has 0 saturated heterocycles. The van der Waals surface area contributed by atoms with Gasteiger partial charge >= 0.3 is 5.97 Å². The van der Waals surface area contributed by atoms with Gasteiger partial charge in [-0.1, -0.05) is 29.8 Å². The lowest BCUT2D eigenvalue weighted by Crippen LogP contribution is -2.14. The van der Waals surface area contributed by atoms with Crippen molar-refractivity contribution in [2.45, 2.75) is 6.92 Å². The number of hydrogen-bond acceptors (Lipinski definition) is 4. The van der Waals surface area contributed by atoms with Gasteiger partial charge < -0.3 is 4.74 Å². The molecule has 1 aromatic heterocycles. The van der Waals surface area contributed by atoms with Gasteiger partial charge in [0.1, 0.15) is 5.57 Å². The van der Waals surface area contributed by atoms with Gasteiger partial charge in [-0.3, -0.25) is 4.79 Å². The second-order valence-corrected chi connectivity index (χ2v) is 5.08. The number of Topliss-reactive ketones (excluding diaryl/α,β-unsaturated/α-hetero) is 1. The van der Waals surface area contributed by atoms with Crippen molar-refractivity contribution < 1.29 is 14.3 Å². The topological polar surface area (TPSA) is 43.4 Å².